The Bertz CT molecular complexity index is 129. The molecule has 0 aromatic carbocycles. The van der Waals surface area contributed by atoms with Gasteiger partial charge >= 0.3 is 0 Å². The fourth-order valence-corrected chi connectivity index (χ4v) is 1.24. The third kappa shape index (κ3) is 13.9. The van der Waals surface area contributed by atoms with Crippen LogP contribution < -0.4 is 5.32 Å². The second-order valence-electron chi connectivity index (χ2n) is 5.38. The van der Waals surface area contributed by atoms with E-state index in [2.05, 4.69) is 33.0 Å². The van der Waals surface area contributed by atoms with Crippen molar-refractivity contribution in [2.24, 2.45) is 5.41 Å². The van der Waals surface area contributed by atoms with Gasteiger partial charge in [-0.2, -0.15) is 0 Å². The van der Waals surface area contributed by atoms with Gasteiger partial charge in [-0.3, -0.25) is 0 Å². The van der Waals surface area contributed by atoms with Crippen molar-refractivity contribution in [3.63, 3.8) is 0 Å². The highest BCUT2D eigenvalue weighted by atomic mass is 16.5. The second-order valence-corrected chi connectivity index (χ2v) is 5.38. The van der Waals surface area contributed by atoms with E-state index in [1.165, 1.54) is 19.3 Å². The van der Waals surface area contributed by atoms with Gasteiger partial charge in [0, 0.05) is 13.2 Å². The molecular weight excluding hydrogens is 186 g/mol. The molecule has 0 aliphatic heterocycles. The van der Waals surface area contributed by atoms with Gasteiger partial charge in [0.1, 0.15) is 0 Å². The summed E-state index contributed by atoms with van der Waals surface area (Å²) in [6, 6.07) is 0. The smallest absolute Gasteiger partial charge is 0.0478 e. The normalized spacial score (nSPS) is 12.0. The van der Waals surface area contributed by atoms with Gasteiger partial charge in [0.25, 0.3) is 0 Å². The molecular formula is C13H29NO. The lowest BCUT2D eigenvalue weighted by atomic mass is 9.92. The molecule has 0 radical (unpaired) electrons. The van der Waals surface area contributed by atoms with Crippen LogP contribution in [-0.2, 0) is 4.74 Å². The Morgan fingerprint density at radius 3 is 2.27 bits per heavy atom. The Hall–Kier alpha value is -0.0800. The highest BCUT2D eigenvalue weighted by Gasteiger charge is 2.08. The number of hydrogen-bond donors (Lipinski definition) is 1. The molecule has 0 aromatic heterocycles. The first-order valence-electron chi connectivity index (χ1n) is 6.35. The molecule has 0 fully saturated rings. The average molecular weight is 215 g/mol. The standard InChI is InChI=1S/C13H29NO/c1-5-6-11-15-12-7-9-14-10-8-13(2,3)4/h14H,5-12H2,1-4H3. The van der Waals surface area contributed by atoms with Gasteiger partial charge in [-0.25, -0.2) is 0 Å². The fourth-order valence-electron chi connectivity index (χ4n) is 1.24. The third-order valence-electron chi connectivity index (χ3n) is 2.34. The summed E-state index contributed by atoms with van der Waals surface area (Å²) in [6.07, 6.45) is 4.79. The lowest BCUT2D eigenvalue weighted by Crippen LogP contribution is -2.22. The molecule has 0 aliphatic carbocycles. The summed E-state index contributed by atoms with van der Waals surface area (Å²) in [5, 5.41) is 3.45. The summed E-state index contributed by atoms with van der Waals surface area (Å²) < 4.78 is 5.48. The van der Waals surface area contributed by atoms with Gasteiger partial charge in [-0.1, -0.05) is 34.1 Å². The number of rotatable bonds is 9. The van der Waals surface area contributed by atoms with Crippen molar-refractivity contribution in [2.45, 2.75) is 53.4 Å². The molecule has 0 bridgehead atoms. The molecule has 0 saturated heterocycles. The minimum Gasteiger partial charge on any atom is -0.381 e. The summed E-state index contributed by atoms with van der Waals surface area (Å²) >= 11 is 0. The van der Waals surface area contributed by atoms with Crippen LogP contribution in [-0.4, -0.2) is 26.3 Å². The van der Waals surface area contributed by atoms with E-state index in [1.807, 2.05) is 0 Å². The molecule has 0 aliphatic rings. The lowest BCUT2D eigenvalue weighted by molar-refractivity contribution is 0.128. The van der Waals surface area contributed by atoms with Gasteiger partial charge in [0.15, 0.2) is 0 Å². The van der Waals surface area contributed by atoms with Crippen LogP contribution in [0.5, 0.6) is 0 Å². The van der Waals surface area contributed by atoms with Crippen molar-refractivity contribution < 1.29 is 4.74 Å². The van der Waals surface area contributed by atoms with Crippen molar-refractivity contribution in [3.8, 4) is 0 Å². The van der Waals surface area contributed by atoms with Crippen molar-refractivity contribution in [1.29, 1.82) is 0 Å². The predicted octanol–water partition coefficient (Wildman–Crippen LogP) is 3.22. The Labute approximate surface area is 95.8 Å². The predicted molar refractivity (Wildman–Crippen MR) is 67.3 cm³/mol. The molecule has 0 aromatic rings. The SMILES string of the molecule is CCCCOCCCNCCC(C)(C)C. The highest BCUT2D eigenvalue weighted by molar-refractivity contribution is 4.62. The van der Waals surface area contributed by atoms with E-state index in [9.17, 15) is 0 Å². The number of nitrogens with one attached hydrogen (secondary N) is 1. The molecule has 0 saturated carbocycles. The minimum absolute atomic E-state index is 0.449. The van der Waals surface area contributed by atoms with E-state index in [0.29, 0.717) is 5.41 Å². The Kier molecular flexibility index (Phi) is 9.12. The zero-order valence-electron chi connectivity index (χ0n) is 11.1. The molecule has 15 heavy (non-hydrogen) atoms. The van der Waals surface area contributed by atoms with Crippen molar-refractivity contribution in [1.82, 2.24) is 5.32 Å². The van der Waals surface area contributed by atoms with Crippen LogP contribution in [0, 0.1) is 5.41 Å². The summed E-state index contributed by atoms with van der Waals surface area (Å²) in [7, 11) is 0. The quantitative estimate of drug-likeness (QED) is 0.596. The molecule has 0 rings (SSSR count). The maximum absolute atomic E-state index is 5.48. The van der Waals surface area contributed by atoms with Crippen LogP contribution in [0.3, 0.4) is 0 Å². The first-order valence-corrected chi connectivity index (χ1v) is 6.35. The monoisotopic (exact) mass is 215 g/mol. The van der Waals surface area contributed by atoms with Crippen LogP contribution in [0.1, 0.15) is 53.4 Å². The van der Waals surface area contributed by atoms with Crippen LogP contribution >= 0.6 is 0 Å². The number of hydrogen-bond acceptors (Lipinski definition) is 2. The Morgan fingerprint density at radius 2 is 1.67 bits per heavy atom. The highest BCUT2D eigenvalue weighted by Crippen LogP contribution is 2.16. The Morgan fingerprint density at radius 1 is 1.00 bits per heavy atom. The second kappa shape index (κ2) is 9.17. The van der Waals surface area contributed by atoms with Gasteiger partial charge in [0.2, 0.25) is 0 Å². The van der Waals surface area contributed by atoms with Gasteiger partial charge in [0.05, 0.1) is 0 Å². The van der Waals surface area contributed by atoms with Crippen LogP contribution in [0.25, 0.3) is 0 Å². The minimum atomic E-state index is 0.449. The van der Waals surface area contributed by atoms with Crippen LogP contribution in [0.15, 0.2) is 0 Å². The molecule has 0 spiro atoms. The molecule has 2 nitrogen and oxygen atoms in total. The van der Waals surface area contributed by atoms with Gasteiger partial charge in [-0.05, 0) is 37.8 Å². The first-order chi connectivity index (χ1) is 7.06. The molecule has 0 heterocycles. The molecule has 0 amide bonds. The van der Waals surface area contributed by atoms with Crippen molar-refractivity contribution in [3.05, 3.63) is 0 Å². The first kappa shape index (κ1) is 14.9. The zero-order chi connectivity index (χ0) is 11.6. The summed E-state index contributed by atoms with van der Waals surface area (Å²) in [5.74, 6) is 0. The Balaban J connectivity index is 2.99. The van der Waals surface area contributed by atoms with E-state index >= 15 is 0 Å². The van der Waals surface area contributed by atoms with Gasteiger partial charge in [-0.15, -0.1) is 0 Å². The van der Waals surface area contributed by atoms with Crippen molar-refractivity contribution >= 4 is 0 Å². The van der Waals surface area contributed by atoms with E-state index in [-0.39, 0.29) is 0 Å². The van der Waals surface area contributed by atoms with Crippen LogP contribution in [0.2, 0.25) is 0 Å². The summed E-state index contributed by atoms with van der Waals surface area (Å²) in [5.41, 5.74) is 0.449. The van der Waals surface area contributed by atoms with E-state index in [1.54, 1.807) is 0 Å². The third-order valence-corrected chi connectivity index (χ3v) is 2.34. The van der Waals surface area contributed by atoms with Gasteiger partial charge < -0.3 is 10.1 Å². The number of unbranched alkanes of at least 4 members (excludes halogenated alkanes) is 1. The lowest BCUT2D eigenvalue weighted by Gasteiger charge is -2.17. The summed E-state index contributed by atoms with van der Waals surface area (Å²) in [4.78, 5) is 0. The van der Waals surface area contributed by atoms with E-state index < -0.39 is 0 Å². The zero-order valence-corrected chi connectivity index (χ0v) is 11.1. The fraction of sp³-hybridized carbons (Fsp3) is 1.00. The number of ether oxygens (including phenoxy) is 1. The molecule has 92 valence electrons. The van der Waals surface area contributed by atoms with E-state index in [4.69, 9.17) is 4.74 Å². The van der Waals surface area contributed by atoms with Crippen LogP contribution in [0.4, 0.5) is 0 Å². The molecule has 0 unspecified atom stereocenters. The average Bonchev–Trinajstić information content (AvgIpc) is 2.14. The largest absolute Gasteiger partial charge is 0.381 e. The molecule has 1 N–H and O–H groups in total. The maximum Gasteiger partial charge on any atom is 0.0478 e. The molecule has 0 atom stereocenters. The van der Waals surface area contributed by atoms with Crippen molar-refractivity contribution in [2.75, 3.05) is 26.3 Å². The summed E-state index contributed by atoms with van der Waals surface area (Å²) in [6.45, 7) is 13.1. The maximum atomic E-state index is 5.48. The topological polar surface area (TPSA) is 21.3 Å². The van der Waals surface area contributed by atoms with E-state index in [0.717, 1.165) is 32.7 Å². The molecule has 2 heteroatoms.